The van der Waals surface area contributed by atoms with Crippen molar-refractivity contribution in [3.63, 3.8) is 0 Å². The zero-order valence-electron chi connectivity index (χ0n) is 12.0. The number of aromatic nitrogens is 1. The molecule has 2 N–H and O–H groups in total. The van der Waals surface area contributed by atoms with E-state index in [0.29, 0.717) is 24.4 Å². The van der Waals surface area contributed by atoms with Crippen LogP contribution in [0.5, 0.6) is 0 Å². The van der Waals surface area contributed by atoms with Gasteiger partial charge in [0.2, 0.25) is 11.8 Å². The van der Waals surface area contributed by atoms with Crippen molar-refractivity contribution in [2.75, 3.05) is 6.54 Å². The Bertz CT molecular complexity index is 651. The summed E-state index contributed by atoms with van der Waals surface area (Å²) in [6, 6.07) is 3.20. The van der Waals surface area contributed by atoms with Gasteiger partial charge in [0, 0.05) is 11.9 Å². The Labute approximate surface area is 131 Å². The number of amides is 2. The zero-order chi connectivity index (χ0) is 15.4. The number of carbonyl (C=O) groups excluding carboxylic acids is 2. The fraction of sp³-hybridized carbons (Fsp3) is 0.400. The molecule has 1 atom stereocenters. The predicted octanol–water partition coefficient (Wildman–Crippen LogP) is 1.73. The first-order chi connectivity index (χ1) is 10.7. The van der Waals surface area contributed by atoms with E-state index in [2.05, 4.69) is 15.6 Å². The van der Waals surface area contributed by atoms with Gasteiger partial charge in [-0.2, -0.15) is 0 Å². The molecule has 3 heterocycles. The SMILES string of the molecule is O=C(Cc1csc(-c2ccco2)n1)NC1CCCCNC1=O. The molecule has 1 aliphatic heterocycles. The summed E-state index contributed by atoms with van der Waals surface area (Å²) in [5.74, 6) is 0.415. The van der Waals surface area contributed by atoms with Crippen molar-refractivity contribution in [1.82, 2.24) is 15.6 Å². The van der Waals surface area contributed by atoms with Crippen LogP contribution < -0.4 is 10.6 Å². The lowest BCUT2D eigenvalue weighted by molar-refractivity contribution is -0.128. The number of furan rings is 1. The molecule has 3 rings (SSSR count). The molecule has 2 amide bonds. The molecule has 6 nitrogen and oxygen atoms in total. The molecule has 22 heavy (non-hydrogen) atoms. The quantitative estimate of drug-likeness (QED) is 0.899. The summed E-state index contributed by atoms with van der Waals surface area (Å²) in [5, 5.41) is 8.19. The molecule has 0 saturated carbocycles. The first-order valence-corrected chi connectivity index (χ1v) is 8.16. The number of thiazole rings is 1. The van der Waals surface area contributed by atoms with Gasteiger partial charge in [0.15, 0.2) is 10.8 Å². The van der Waals surface area contributed by atoms with Crippen LogP contribution >= 0.6 is 11.3 Å². The lowest BCUT2D eigenvalue weighted by Crippen LogP contribution is -2.46. The van der Waals surface area contributed by atoms with Gasteiger partial charge in [0.25, 0.3) is 0 Å². The van der Waals surface area contributed by atoms with Crippen molar-refractivity contribution in [2.24, 2.45) is 0 Å². The van der Waals surface area contributed by atoms with Crippen molar-refractivity contribution in [3.8, 4) is 10.8 Å². The standard InChI is InChI=1S/C15H17N3O3S/c19-13(18-11-4-1-2-6-16-14(11)20)8-10-9-22-15(17-10)12-5-3-7-21-12/h3,5,7,9,11H,1-2,4,6,8H2,(H,16,20)(H,18,19). The minimum Gasteiger partial charge on any atom is -0.462 e. The van der Waals surface area contributed by atoms with Gasteiger partial charge in [-0.15, -0.1) is 11.3 Å². The molecule has 0 spiro atoms. The summed E-state index contributed by atoms with van der Waals surface area (Å²) in [7, 11) is 0. The van der Waals surface area contributed by atoms with Crippen LogP contribution in [0.3, 0.4) is 0 Å². The number of rotatable bonds is 4. The molecule has 1 saturated heterocycles. The topological polar surface area (TPSA) is 84.2 Å². The van der Waals surface area contributed by atoms with Crippen LogP contribution in [0.4, 0.5) is 0 Å². The normalized spacial score (nSPS) is 18.5. The predicted molar refractivity (Wildman–Crippen MR) is 82.3 cm³/mol. The molecule has 2 aromatic rings. The van der Waals surface area contributed by atoms with Gasteiger partial charge in [-0.25, -0.2) is 4.98 Å². The molecule has 1 aliphatic rings. The van der Waals surface area contributed by atoms with Gasteiger partial charge in [-0.05, 0) is 31.4 Å². The van der Waals surface area contributed by atoms with E-state index in [-0.39, 0.29) is 18.2 Å². The van der Waals surface area contributed by atoms with E-state index in [1.165, 1.54) is 11.3 Å². The fourth-order valence-corrected chi connectivity index (χ4v) is 3.17. The summed E-state index contributed by atoms with van der Waals surface area (Å²) < 4.78 is 5.28. The second kappa shape index (κ2) is 6.74. The largest absolute Gasteiger partial charge is 0.462 e. The third-order valence-electron chi connectivity index (χ3n) is 3.50. The van der Waals surface area contributed by atoms with Gasteiger partial charge < -0.3 is 15.1 Å². The minimum atomic E-state index is -0.432. The molecular formula is C15H17N3O3S. The third kappa shape index (κ3) is 3.54. The summed E-state index contributed by atoms with van der Waals surface area (Å²) in [4.78, 5) is 28.3. The molecule has 2 aromatic heterocycles. The summed E-state index contributed by atoms with van der Waals surface area (Å²) >= 11 is 1.44. The van der Waals surface area contributed by atoms with Gasteiger partial charge in [-0.1, -0.05) is 0 Å². The average Bonchev–Trinajstić information content (AvgIpc) is 3.12. The van der Waals surface area contributed by atoms with Crippen LogP contribution in [-0.4, -0.2) is 29.4 Å². The maximum Gasteiger partial charge on any atom is 0.242 e. The smallest absolute Gasteiger partial charge is 0.242 e. The van der Waals surface area contributed by atoms with Crippen LogP contribution in [0.15, 0.2) is 28.2 Å². The van der Waals surface area contributed by atoms with E-state index in [4.69, 9.17) is 4.42 Å². The maximum atomic E-state index is 12.1. The molecule has 0 bridgehead atoms. The molecule has 7 heteroatoms. The van der Waals surface area contributed by atoms with Crippen molar-refractivity contribution in [3.05, 3.63) is 29.5 Å². The van der Waals surface area contributed by atoms with Crippen LogP contribution in [0.1, 0.15) is 25.0 Å². The molecule has 0 aliphatic carbocycles. The van der Waals surface area contributed by atoms with Gasteiger partial charge in [0.05, 0.1) is 18.4 Å². The number of nitrogens with one attached hydrogen (secondary N) is 2. The lowest BCUT2D eigenvalue weighted by atomic mass is 10.1. The number of hydrogen-bond donors (Lipinski definition) is 2. The van der Waals surface area contributed by atoms with Crippen LogP contribution in [0.2, 0.25) is 0 Å². The third-order valence-corrected chi connectivity index (χ3v) is 4.40. The molecule has 1 fully saturated rings. The highest BCUT2D eigenvalue weighted by molar-refractivity contribution is 7.13. The van der Waals surface area contributed by atoms with Crippen LogP contribution in [0.25, 0.3) is 10.8 Å². The molecule has 1 unspecified atom stereocenters. The van der Waals surface area contributed by atoms with E-state index >= 15 is 0 Å². The first-order valence-electron chi connectivity index (χ1n) is 7.28. The number of nitrogens with zero attached hydrogens (tertiary/aromatic N) is 1. The zero-order valence-corrected chi connectivity index (χ0v) is 12.8. The maximum absolute atomic E-state index is 12.1. The first kappa shape index (κ1) is 14.8. The highest BCUT2D eigenvalue weighted by Gasteiger charge is 2.22. The Morgan fingerprint density at radius 3 is 3.23 bits per heavy atom. The second-order valence-corrected chi connectivity index (χ2v) is 6.06. The number of hydrogen-bond acceptors (Lipinski definition) is 5. The van der Waals surface area contributed by atoms with Crippen molar-refractivity contribution >= 4 is 23.2 Å². The van der Waals surface area contributed by atoms with Crippen molar-refractivity contribution in [2.45, 2.75) is 31.7 Å². The van der Waals surface area contributed by atoms with Gasteiger partial charge >= 0.3 is 0 Å². The fourth-order valence-electron chi connectivity index (χ4n) is 2.39. The second-order valence-electron chi connectivity index (χ2n) is 5.20. The highest BCUT2D eigenvalue weighted by atomic mass is 32.1. The minimum absolute atomic E-state index is 0.0968. The van der Waals surface area contributed by atoms with E-state index in [0.717, 1.165) is 17.8 Å². The molecular weight excluding hydrogens is 302 g/mol. The van der Waals surface area contributed by atoms with Crippen molar-refractivity contribution < 1.29 is 14.0 Å². The van der Waals surface area contributed by atoms with E-state index < -0.39 is 6.04 Å². The Balaban J connectivity index is 1.58. The van der Waals surface area contributed by atoms with E-state index in [9.17, 15) is 9.59 Å². The Hall–Kier alpha value is -2.15. The van der Waals surface area contributed by atoms with Crippen LogP contribution in [0, 0.1) is 0 Å². The average molecular weight is 319 g/mol. The van der Waals surface area contributed by atoms with Gasteiger partial charge in [0.1, 0.15) is 6.04 Å². The molecule has 0 radical (unpaired) electrons. The Kier molecular flexibility index (Phi) is 4.53. The van der Waals surface area contributed by atoms with Crippen LogP contribution in [-0.2, 0) is 16.0 Å². The van der Waals surface area contributed by atoms with E-state index in [1.807, 2.05) is 11.4 Å². The van der Waals surface area contributed by atoms with Crippen molar-refractivity contribution in [1.29, 1.82) is 0 Å². The Morgan fingerprint density at radius 1 is 1.50 bits per heavy atom. The Morgan fingerprint density at radius 2 is 2.41 bits per heavy atom. The van der Waals surface area contributed by atoms with Gasteiger partial charge in [-0.3, -0.25) is 9.59 Å². The summed E-state index contributed by atoms with van der Waals surface area (Å²) in [6.07, 6.45) is 4.33. The molecule has 0 aromatic carbocycles. The summed E-state index contributed by atoms with van der Waals surface area (Å²) in [6.45, 7) is 0.684. The molecule has 116 valence electrons. The monoisotopic (exact) mass is 319 g/mol. The number of carbonyl (C=O) groups is 2. The highest BCUT2D eigenvalue weighted by Crippen LogP contribution is 2.24. The van der Waals surface area contributed by atoms with E-state index in [1.54, 1.807) is 12.3 Å². The summed E-state index contributed by atoms with van der Waals surface area (Å²) in [5.41, 5.74) is 0.683. The lowest BCUT2D eigenvalue weighted by Gasteiger charge is -2.14.